The zero-order valence-corrected chi connectivity index (χ0v) is 14.6. The van der Waals surface area contributed by atoms with E-state index in [1.54, 1.807) is 12.3 Å². The van der Waals surface area contributed by atoms with Crippen LogP contribution in [0.3, 0.4) is 0 Å². The van der Waals surface area contributed by atoms with Crippen molar-refractivity contribution < 1.29 is 13.9 Å². The normalized spacial score (nSPS) is 12.9. The standard InChI is InChI=1S/C19H15FN6O2/c20-11-2-3-14-12(8-11)18(26-25-14)24-19-22-9-13(17(21)23-19)10-1-4-15-16(7-10)28-6-5-27-15/h1-4,7-9H,5-6H2,(H4,21,22,23,24,25,26). The SMILES string of the molecule is Nc1nc(Nc2n[nH]c3ccc(F)cc23)ncc1-c1ccc2c(c1)OCCO2. The van der Waals surface area contributed by atoms with E-state index in [1.165, 1.54) is 12.1 Å². The first-order valence-corrected chi connectivity index (χ1v) is 8.60. The number of nitrogen functional groups attached to an aromatic ring is 1. The van der Waals surface area contributed by atoms with Crippen molar-refractivity contribution in [3.8, 4) is 22.6 Å². The number of fused-ring (bicyclic) bond motifs is 2. The average molecular weight is 378 g/mol. The molecule has 2 aromatic heterocycles. The van der Waals surface area contributed by atoms with Gasteiger partial charge in [0.1, 0.15) is 24.8 Å². The number of aromatic nitrogens is 4. The molecule has 0 bridgehead atoms. The molecular formula is C19H15FN6O2. The van der Waals surface area contributed by atoms with Crippen LogP contribution in [0, 0.1) is 5.82 Å². The fourth-order valence-electron chi connectivity index (χ4n) is 3.08. The van der Waals surface area contributed by atoms with Gasteiger partial charge in [0.25, 0.3) is 0 Å². The van der Waals surface area contributed by atoms with Gasteiger partial charge in [-0.2, -0.15) is 10.1 Å². The van der Waals surface area contributed by atoms with Gasteiger partial charge in [0.05, 0.1) is 5.52 Å². The van der Waals surface area contributed by atoms with Crippen LogP contribution < -0.4 is 20.5 Å². The van der Waals surface area contributed by atoms with Crippen molar-refractivity contribution in [2.24, 2.45) is 0 Å². The van der Waals surface area contributed by atoms with E-state index in [0.717, 1.165) is 5.56 Å². The Morgan fingerprint density at radius 3 is 2.79 bits per heavy atom. The third-order valence-electron chi connectivity index (χ3n) is 4.43. The number of hydrogen-bond acceptors (Lipinski definition) is 7. The Kier molecular flexibility index (Phi) is 3.71. The van der Waals surface area contributed by atoms with Crippen molar-refractivity contribution in [3.63, 3.8) is 0 Å². The second kappa shape index (κ2) is 6.38. The van der Waals surface area contributed by atoms with Crippen LogP contribution >= 0.6 is 0 Å². The Morgan fingerprint density at radius 1 is 1.07 bits per heavy atom. The molecule has 140 valence electrons. The highest BCUT2D eigenvalue weighted by Crippen LogP contribution is 2.36. The van der Waals surface area contributed by atoms with Crippen LogP contribution in [0.25, 0.3) is 22.0 Å². The van der Waals surface area contributed by atoms with E-state index in [4.69, 9.17) is 15.2 Å². The molecule has 4 N–H and O–H groups in total. The maximum atomic E-state index is 13.5. The van der Waals surface area contributed by atoms with E-state index in [9.17, 15) is 4.39 Å². The lowest BCUT2D eigenvalue weighted by Gasteiger charge is -2.19. The molecule has 0 unspecified atom stereocenters. The summed E-state index contributed by atoms with van der Waals surface area (Å²) >= 11 is 0. The quantitative estimate of drug-likeness (QED) is 0.502. The molecule has 0 spiro atoms. The van der Waals surface area contributed by atoms with Crippen LogP contribution in [0.1, 0.15) is 0 Å². The van der Waals surface area contributed by atoms with Crippen LogP contribution in [-0.4, -0.2) is 33.4 Å². The highest BCUT2D eigenvalue weighted by atomic mass is 19.1. The lowest BCUT2D eigenvalue weighted by Crippen LogP contribution is -2.15. The highest BCUT2D eigenvalue weighted by Gasteiger charge is 2.15. The molecule has 1 aliphatic heterocycles. The van der Waals surface area contributed by atoms with Gasteiger partial charge in [-0.3, -0.25) is 5.10 Å². The van der Waals surface area contributed by atoms with Crippen molar-refractivity contribution >= 4 is 28.5 Å². The van der Waals surface area contributed by atoms with E-state index < -0.39 is 0 Å². The first-order chi connectivity index (χ1) is 13.7. The summed E-state index contributed by atoms with van der Waals surface area (Å²) in [7, 11) is 0. The molecule has 0 amide bonds. The van der Waals surface area contributed by atoms with E-state index in [0.29, 0.717) is 52.8 Å². The van der Waals surface area contributed by atoms with Crippen LogP contribution in [0.15, 0.2) is 42.6 Å². The Hall–Kier alpha value is -3.88. The molecule has 0 radical (unpaired) electrons. The second-order valence-corrected chi connectivity index (χ2v) is 6.24. The number of anilines is 3. The van der Waals surface area contributed by atoms with Crippen molar-refractivity contribution in [3.05, 3.63) is 48.4 Å². The van der Waals surface area contributed by atoms with E-state index in [-0.39, 0.29) is 11.8 Å². The fourth-order valence-corrected chi connectivity index (χ4v) is 3.08. The van der Waals surface area contributed by atoms with Gasteiger partial charge in [-0.15, -0.1) is 0 Å². The molecule has 0 saturated carbocycles. The van der Waals surface area contributed by atoms with Crippen molar-refractivity contribution in [1.29, 1.82) is 0 Å². The summed E-state index contributed by atoms with van der Waals surface area (Å²) < 4.78 is 24.7. The van der Waals surface area contributed by atoms with Gasteiger partial charge in [-0.25, -0.2) is 9.37 Å². The number of rotatable bonds is 3. The number of ether oxygens (including phenoxy) is 2. The predicted molar refractivity (Wildman–Crippen MR) is 102 cm³/mol. The lowest BCUT2D eigenvalue weighted by molar-refractivity contribution is 0.171. The predicted octanol–water partition coefficient (Wildman–Crippen LogP) is 3.26. The molecule has 0 fully saturated rings. The number of aromatic amines is 1. The Balaban J connectivity index is 1.45. The molecular weight excluding hydrogens is 363 g/mol. The van der Waals surface area contributed by atoms with Gasteiger partial charge in [0.15, 0.2) is 17.3 Å². The largest absolute Gasteiger partial charge is 0.486 e. The minimum Gasteiger partial charge on any atom is -0.486 e. The van der Waals surface area contributed by atoms with Gasteiger partial charge in [0.2, 0.25) is 5.95 Å². The average Bonchev–Trinajstić information content (AvgIpc) is 3.09. The zero-order valence-electron chi connectivity index (χ0n) is 14.6. The first-order valence-electron chi connectivity index (χ1n) is 8.60. The van der Waals surface area contributed by atoms with Gasteiger partial charge < -0.3 is 20.5 Å². The Labute approximate surface area is 158 Å². The molecule has 0 saturated heterocycles. The van der Waals surface area contributed by atoms with E-state index in [2.05, 4.69) is 25.5 Å². The smallest absolute Gasteiger partial charge is 0.230 e. The maximum absolute atomic E-state index is 13.5. The van der Waals surface area contributed by atoms with E-state index in [1.807, 2.05) is 18.2 Å². The van der Waals surface area contributed by atoms with E-state index >= 15 is 0 Å². The second-order valence-electron chi connectivity index (χ2n) is 6.24. The third-order valence-corrected chi connectivity index (χ3v) is 4.43. The van der Waals surface area contributed by atoms with Crippen molar-refractivity contribution in [2.45, 2.75) is 0 Å². The summed E-state index contributed by atoms with van der Waals surface area (Å²) in [6.45, 7) is 1.03. The molecule has 3 heterocycles. The van der Waals surface area contributed by atoms with Crippen molar-refractivity contribution in [1.82, 2.24) is 20.2 Å². The molecule has 0 aliphatic carbocycles. The summed E-state index contributed by atoms with van der Waals surface area (Å²) in [5.74, 6) is 1.98. The minimum absolute atomic E-state index is 0.261. The molecule has 4 aromatic rings. The van der Waals surface area contributed by atoms with Gasteiger partial charge in [-0.1, -0.05) is 6.07 Å². The lowest BCUT2D eigenvalue weighted by atomic mass is 10.1. The third kappa shape index (κ3) is 2.82. The monoisotopic (exact) mass is 378 g/mol. The number of nitrogens with two attached hydrogens (primary N) is 1. The van der Waals surface area contributed by atoms with Gasteiger partial charge >= 0.3 is 0 Å². The minimum atomic E-state index is -0.355. The van der Waals surface area contributed by atoms with Gasteiger partial charge in [0, 0.05) is 17.1 Å². The number of halogens is 1. The first kappa shape index (κ1) is 16.3. The summed E-state index contributed by atoms with van der Waals surface area (Å²) in [6, 6.07) is 9.91. The van der Waals surface area contributed by atoms with Crippen LogP contribution in [0.5, 0.6) is 11.5 Å². The molecule has 28 heavy (non-hydrogen) atoms. The highest BCUT2D eigenvalue weighted by molar-refractivity contribution is 5.91. The van der Waals surface area contributed by atoms with Crippen LogP contribution in [0.2, 0.25) is 0 Å². The number of nitrogens with one attached hydrogen (secondary N) is 2. The van der Waals surface area contributed by atoms with Gasteiger partial charge in [-0.05, 0) is 35.9 Å². The molecule has 0 atom stereocenters. The molecule has 5 rings (SSSR count). The summed E-state index contributed by atoms with van der Waals surface area (Å²) in [4.78, 5) is 8.61. The Bertz CT molecular complexity index is 1190. The summed E-state index contributed by atoms with van der Waals surface area (Å²) in [5, 5.41) is 10.5. The maximum Gasteiger partial charge on any atom is 0.230 e. The molecule has 2 aromatic carbocycles. The van der Waals surface area contributed by atoms with Crippen molar-refractivity contribution in [2.75, 3.05) is 24.3 Å². The zero-order chi connectivity index (χ0) is 19.1. The number of H-pyrrole nitrogens is 1. The number of nitrogens with zero attached hydrogens (tertiary/aromatic N) is 3. The summed E-state index contributed by atoms with van der Waals surface area (Å²) in [5.41, 5.74) is 8.33. The number of hydrogen-bond donors (Lipinski definition) is 3. The fraction of sp³-hybridized carbons (Fsp3) is 0.105. The van der Waals surface area contributed by atoms with Crippen LogP contribution in [-0.2, 0) is 0 Å². The molecule has 8 nitrogen and oxygen atoms in total. The number of benzene rings is 2. The molecule has 9 heteroatoms. The topological polar surface area (TPSA) is 111 Å². The molecule has 1 aliphatic rings. The Morgan fingerprint density at radius 2 is 1.93 bits per heavy atom. The summed E-state index contributed by atoms with van der Waals surface area (Å²) in [6.07, 6.45) is 1.62. The van der Waals surface area contributed by atoms with Crippen LogP contribution in [0.4, 0.5) is 22.0 Å².